The summed E-state index contributed by atoms with van der Waals surface area (Å²) in [6, 6.07) is 7.42. The van der Waals surface area contributed by atoms with Crippen LogP contribution in [0.1, 0.15) is 55.8 Å². The first kappa shape index (κ1) is 19.6. The third kappa shape index (κ3) is 4.77. The van der Waals surface area contributed by atoms with E-state index in [1.54, 1.807) is 24.4 Å². The molecule has 1 aliphatic carbocycles. The van der Waals surface area contributed by atoms with Gasteiger partial charge in [-0.1, -0.05) is 6.92 Å². The van der Waals surface area contributed by atoms with Gasteiger partial charge in [-0.2, -0.15) is 5.26 Å². The maximum atomic E-state index is 12.3. The van der Waals surface area contributed by atoms with Gasteiger partial charge in [-0.15, -0.1) is 0 Å². The van der Waals surface area contributed by atoms with Crippen LogP contribution in [0.15, 0.2) is 30.6 Å². The van der Waals surface area contributed by atoms with Gasteiger partial charge in [0.1, 0.15) is 23.3 Å². The molecular formula is C21H26N4O3. The van der Waals surface area contributed by atoms with E-state index in [9.17, 15) is 4.79 Å². The molecule has 28 heavy (non-hydrogen) atoms. The van der Waals surface area contributed by atoms with E-state index in [1.807, 2.05) is 6.92 Å². The topological polar surface area (TPSA) is 97.1 Å². The van der Waals surface area contributed by atoms with Crippen molar-refractivity contribution in [3.05, 3.63) is 47.5 Å². The Morgan fingerprint density at radius 3 is 2.68 bits per heavy atom. The summed E-state index contributed by atoms with van der Waals surface area (Å²) in [7, 11) is 1.54. The van der Waals surface area contributed by atoms with Crippen molar-refractivity contribution >= 4 is 5.91 Å². The number of aryl methyl sites for hydroxylation is 1. The van der Waals surface area contributed by atoms with Crippen LogP contribution in [0.2, 0.25) is 0 Å². The lowest BCUT2D eigenvalue weighted by Crippen LogP contribution is -2.40. The second-order valence-electron chi connectivity index (χ2n) is 6.79. The van der Waals surface area contributed by atoms with Gasteiger partial charge in [0.15, 0.2) is 0 Å². The number of carbonyl (C=O) groups is 1. The zero-order chi connectivity index (χ0) is 19.9. The first-order valence-electron chi connectivity index (χ1n) is 9.49. The van der Waals surface area contributed by atoms with E-state index in [1.165, 1.54) is 13.3 Å². The van der Waals surface area contributed by atoms with E-state index >= 15 is 0 Å². The van der Waals surface area contributed by atoms with Crippen molar-refractivity contribution in [3.63, 3.8) is 0 Å². The predicted octanol–water partition coefficient (Wildman–Crippen LogP) is 3.29. The Bertz CT molecular complexity index is 859. The minimum atomic E-state index is -0.184. The molecule has 0 saturated heterocycles. The minimum Gasteiger partial charge on any atom is -0.495 e. The normalized spacial score (nSPS) is 18.8. The molecular weight excluding hydrogens is 356 g/mol. The number of aromatic nitrogens is 2. The van der Waals surface area contributed by atoms with Gasteiger partial charge in [0.05, 0.1) is 30.7 Å². The Morgan fingerprint density at radius 1 is 1.29 bits per heavy atom. The number of nitrogens with zero attached hydrogens (tertiary/aromatic N) is 3. The second kappa shape index (κ2) is 9.18. The SMILES string of the molecule is CCc1cnc(C(=O)NC2CCC(Oc3ccc(C#N)c(OC)c3)CC2)cn1.[HH]. The Morgan fingerprint density at radius 2 is 2.07 bits per heavy atom. The maximum absolute atomic E-state index is 12.3. The average Bonchev–Trinajstić information content (AvgIpc) is 2.75. The monoisotopic (exact) mass is 382 g/mol. The van der Waals surface area contributed by atoms with E-state index in [4.69, 9.17) is 14.7 Å². The molecule has 1 fully saturated rings. The summed E-state index contributed by atoms with van der Waals surface area (Å²) in [5.41, 5.74) is 1.70. The van der Waals surface area contributed by atoms with Crippen LogP contribution in [0.25, 0.3) is 0 Å². The van der Waals surface area contributed by atoms with Crippen molar-refractivity contribution in [2.24, 2.45) is 0 Å². The molecule has 0 bridgehead atoms. The number of benzene rings is 1. The van der Waals surface area contributed by atoms with E-state index in [-0.39, 0.29) is 19.5 Å². The number of carbonyl (C=O) groups excluding carboxylic acids is 1. The summed E-state index contributed by atoms with van der Waals surface area (Å²) in [6.07, 6.45) is 7.40. The molecule has 1 saturated carbocycles. The quantitative estimate of drug-likeness (QED) is 0.823. The number of methoxy groups -OCH3 is 1. The van der Waals surface area contributed by atoms with Gasteiger partial charge in [0.25, 0.3) is 5.91 Å². The molecule has 0 unspecified atom stereocenters. The highest BCUT2D eigenvalue weighted by Gasteiger charge is 2.24. The molecule has 0 atom stereocenters. The van der Waals surface area contributed by atoms with Crippen molar-refractivity contribution < 1.29 is 15.7 Å². The largest absolute Gasteiger partial charge is 0.495 e. The summed E-state index contributed by atoms with van der Waals surface area (Å²) >= 11 is 0. The van der Waals surface area contributed by atoms with Crippen molar-refractivity contribution in [2.75, 3.05) is 7.11 Å². The summed E-state index contributed by atoms with van der Waals surface area (Å²) < 4.78 is 11.3. The average molecular weight is 382 g/mol. The number of hydrogen-bond acceptors (Lipinski definition) is 6. The van der Waals surface area contributed by atoms with Crippen LogP contribution in [-0.2, 0) is 6.42 Å². The van der Waals surface area contributed by atoms with Crippen LogP contribution < -0.4 is 14.8 Å². The molecule has 1 aliphatic rings. The highest BCUT2D eigenvalue weighted by atomic mass is 16.5. The molecule has 0 aliphatic heterocycles. The third-order valence-electron chi connectivity index (χ3n) is 4.91. The molecule has 148 valence electrons. The minimum absolute atomic E-state index is 0. The van der Waals surface area contributed by atoms with Crippen molar-refractivity contribution in [1.29, 1.82) is 5.26 Å². The zero-order valence-electron chi connectivity index (χ0n) is 16.1. The number of hydrogen-bond donors (Lipinski definition) is 1. The van der Waals surface area contributed by atoms with Crippen LogP contribution in [0.5, 0.6) is 11.5 Å². The lowest BCUT2D eigenvalue weighted by Gasteiger charge is -2.29. The van der Waals surface area contributed by atoms with Crippen LogP contribution >= 0.6 is 0 Å². The fourth-order valence-electron chi connectivity index (χ4n) is 3.27. The van der Waals surface area contributed by atoms with Gasteiger partial charge in [-0.05, 0) is 44.2 Å². The van der Waals surface area contributed by atoms with E-state index in [0.717, 1.165) is 37.8 Å². The molecule has 1 heterocycles. The lowest BCUT2D eigenvalue weighted by molar-refractivity contribution is 0.0888. The van der Waals surface area contributed by atoms with E-state index in [2.05, 4.69) is 21.4 Å². The second-order valence-corrected chi connectivity index (χ2v) is 6.79. The standard InChI is InChI=1S/C21H24N4O3.H2/c1-3-15-12-24-19(13-23-15)21(26)25-16-5-8-17(9-6-16)28-18-7-4-14(11-22)20(10-18)27-2;/h4,7,10,12-13,16-17H,3,5-6,8-9H2,1-2H3,(H,25,26);1H. The van der Waals surface area contributed by atoms with Crippen molar-refractivity contribution in [1.82, 2.24) is 15.3 Å². The Hall–Kier alpha value is -3.14. The summed E-state index contributed by atoms with van der Waals surface area (Å²) in [5, 5.41) is 12.1. The molecule has 3 rings (SSSR count). The molecule has 0 spiro atoms. The highest BCUT2D eigenvalue weighted by molar-refractivity contribution is 5.92. The molecule has 1 aromatic heterocycles. The van der Waals surface area contributed by atoms with Crippen molar-refractivity contribution in [2.45, 2.75) is 51.2 Å². The molecule has 7 nitrogen and oxygen atoms in total. The Balaban J connectivity index is 0.00000300. The lowest BCUT2D eigenvalue weighted by atomic mass is 9.93. The number of nitriles is 1. The van der Waals surface area contributed by atoms with Crippen LogP contribution in [0.3, 0.4) is 0 Å². The fourth-order valence-corrected chi connectivity index (χ4v) is 3.27. The molecule has 1 amide bonds. The molecule has 0 radical (unpaired) electrons. The first-order valence-corrected chi connectivity index (χ1v) is 9.49. The number of ether oxygens (including phenoxy) is 2. The van der Waals surface area contributed by atoms with Gasteiger partial charge in [-0.25, -0.2) is 4.98 Å². The van der Waals surface area contributed by atoms with E-state index in [0.29, 0.717) is 22.8 Å². The zero-order valence-corrected chi connectivity index (χ0v) is 16.1. The highest BCUT2D eigenvalue weighted by Crippen LogP contribution is 2.28. The van der Waals surface area contributed by atoms with Gasteiger partial charge < -0.3 is 14.8 Å². The van der Waals surface area contributed by atoms with Gasteiger partial charge in [0.2, 0.25) is 0 Å². The smallest absolute Gasteiger partial charge is 0.271 e. The maximum Gasteiger partial charge on any atom is 0.271 e. The molecule has 2 aromatic rings. The first-order chi connectivity index (χ1) is 13.6. The van der Waals surface area contributed by atoms with Gasteiger partial charge in [-0.3, -0.25) is 9.78 Å². The van der Waals surface area contributed by atoms with Crippen LogP contribution in [0, 0.1) is 11.3 Å². The number of rotatable bonds is 6. The number of amides is 1. The van der Waals surface area contributed by atoms with Gasteiger partial charge in [0, 0.05) is 19.7 Å². The molecule has 1 N–H and O–H groups in total. The van der Waals surface area contributed by atoms with Gasteiger partial charge >= 0.3 is 0 Å². The molecule has 1 aromatic carbocycles. The Labute approximate surface area is 166 Å². The predicted molar refractivity (Wildman–Crippen MR) is 105 cm³/mol. The summed E-state index contributed by atoms with van der Waals surface area (Å²) in [4.78, 5) is 20.7. The van der Waals surface area contributed by atoms with Crippen molar-refractivity contribution in [3.8, 4) is 17.6 Å². The number of nitrogens with one attached hydrogen (secondary N) is 1. The van der Waals surface area contributed by atoms with Crippen LogP contribution in [-0.4, -0.2) is 35.1 Å². The van der Waals surface area contributed by atoms with E-state index < -0.39 is 0 Å². The molecule has 7 heteroatoms. The summed E-state index contributed by atoms with van der Waals surface area (Å²) in [6.45, 7) is 2.00. The Kier molecular flexibility index (Phi) is 6.43. The van der Waals surface area contributed by atoms with Crippen LogP contribution in [0.4, 0.5) is 0 Å². The third-order valence-corrected chi connectivity index (χ3v) is 4.91. The summed E-state index contributed by atoms with van der Waals surface area (Å²) in [5.74, 6) is 1.02. The fraction of sp³-hybridized carbons (Fsp3) is 0.429.